The Morgan fingerprint density at radius 3 is 2.61 bits per heavy atom. The highest BCUT2D eigenvalue weighted by Gasteiger charge is 2.40. The van der Waals surface area contributed by atoms with Gasteiger partial charge in [-0.1, -0.05) is 47.5 Å². The molecule has 3 rings (SSSR count). The van der Waals surface area contributed by atoms with Crippen LogP contribution in [0.25, 0.3) is 0 Å². The Labute approximate surface area is 187 Å². The summed E-state index contributed by atoms with van der Waals surface area (Å²) in [7, 11) is 0. The highest BCUT2D eigenvalue weighted by atomic mass is 35.5. The highest BCUT2D eigenvalue weighted by molar-refractivity contribution is 6.32. The topological polar surface area (TPSA) is 55.8 Å². The minimum absolute atomic E-state index is 0.0180. The van der Waals surface area contributed by atoms with Gasteiger partial charge in [-0.05, 0) is 57.4 Å². The van der Waals surface area contributed by atoms with Gasteiger partial charge in [-0.3, -0.25) is 0 Å². The normalized spacial score (nSPS) is 23.4. The van der Waals surface area contributed by atoms with Crippen molar-refractivity contribution in [2.75, 3.05) is 6.61 Å². The first-order chi connectivity index (χ1) is 14.6. The molecule has 2 aromatic rings. The molecule has 31 heavy (non-hydrogen) atoms. The number of halogens is 2. The van der Waals surface area contributed by atoms with Crippen molar-refractivity contribution in [2.45, 2.75) is 52.2 Å². The summed E-state index contributed by atoms with van der Waals surface area (Å²) in [6.07, 6.45) is 0.0558. The Kier molecular flexibility index (Phi) is 7.07. The third-order valence-corrected chi connectivity index (χ3v) is 6.22. The van der Waals surface area contributed by atoms with E-state index in [0.29, 0.717) is 5.56 Å². The van der Waals surface area contributed by atoms with E-state index in [0.717, 1.165) is 18.1 Å². The summed E-state index contributed by atoms with van der Waals surface area (Å²) < 4.78 is 26.2. The Balaban J connectivity index is 2.01. The van der Waals surface area contributed by atoms with Gasteiger partial charge < -0.3 is 14.6 Å². The summed E-state index contributed by atoms with van der Waals surface area (Å²) in [5.74, 6) is -1.51. The van der Waals surface area contributed by atoms with Crippen molar-refractivity contribution in [3.63, 3.8) is 0 Å². The van der Waals surface area contributed by atoms with E-state index in [-0.39, 0.29) is 28.7 Å². The zero-order chi connectivity index (χ0) is 22.9. The van der Waals surface area contributed by atoms with Crippen LogP contribution in [0.15, 0.2) is 42.5 Å². The summed E-state index contributed by atoms with van der Waals surface area (Å²) in [4.78, 5) is 11.0. The molecule has 1 fully saturated rings. The van der Waals surface area contributed by atoms with E-state index < -0.39 is 24.5 Å². The van der Waals surface area contributed by atoms with Crippen LogP contribution in [0, 0.1) is 25.6 Å². The minimum atomic E-state index is -1.14. The lowest BCUT2D eigenvalue weighted by Crippen LogP contribution is -2.35. The largest absolute Gasteiger partial charge is 0.480 e. The number of carboxylic acids is 1. The maximum absolute atomic E-state index is 14.3. The van der Waals surface area contributed by atoms with Crippen LogP contribution >= 0.6 is 11.6 Å². The first kappa shape index (κ1) is 23.3. The predicted octanol–water partition coefficient (Wildman–Crippen LogP) is 6.39. The van der Waals surface area contributed by atoms with Crippen LogP contribution in [-0.4, -0.2) is 23.8 Å². The highest BCUT2D eigenvalue weighted by Crippen LogP contribution is 2.49. The average molecular weight is 447 g/mol. The average Bonchev–Trinajstić information content (AvgIpc) is 2.66. The number of hydrogen-bond donors (Lipinski definition) is 1. The van der Waals surface area contributed by atoms with E-state index in [2.05, 4.69) is 38.6 Å². The van der Waals surface area contributed by atoms with E-state index in [9.17, 15) is 9.18 Å². The van der Waals surface area contributed by atoms with E-state index in [1.807, 2.05) is 13.8 Å². The summed E-state index contributed by atoms with van der Waals surface area (Å²) in [5, 5.41) is 9.04. The van der Waals surface area contributed by atoms with Crippen LogP contribution in [0.4, 0.5) is 4.39 Å². The molecule has 1 aliphatic rings. The van der Waals surface area contributed by atoms with Gasteiger partial charge in [-0.15, -0.1) is 0 Å². The lowest BCUT2D eigenvalue weighted by atomic mass is 9.75. The number of hydrogen-bond acceptors (Lipinski definition) is 3. The Morgan fingerprint density at radius 2 is 2.00 bits per heavy atom. The van der Waals surface area contributed by atoms with Crippen molar-refractivity contribution in [3.05, 3.63) is 75.6 Å². The van der Waals surface area contributed by atoms with Crippen LogP contribution in [-0.2, 0) is 9.53 Å². The SMILES string of the molecule is C=C(C)[C@H]1C[C@H](c2ccc(C)cc2C)[C@H](C)O[C@@H]1c1cc(F)cc(Cl)c1OCC(=O)O. The molecule has 166 valence electrons. The molecule has 0 aliphatic carbocycles. The molecule has 0 saturated carbocycles. The number of aryl methyl sites for hydroxylation is 2. The number of ether oxygens (including phenoxy) is 2. The minimum Gasteiger partial charge on any atom is -0.480 e. The molecule has 6 heteroatoms. The van der Waals surface area contributed by atoms with Crippen molar-refractivity contribution in [1.29, 1.82) is 0 Å². The van der Waals surface area contributed by atoms with Crippen LogP contribution in [0.3, 0.4) is 0 Å². The molecule has 0 radical (unpaired) electrons. The zero-order valence-corrected chi connectivity index (χ0v) is 19.0. The van der Waals surface area contributed by atoms with Crippen LogP contribution in [0.1, 0.15) is 54.5 Å². The van der Waals surface area contributed by atoms with Gasteiger partial charge in [0.1, 0.15) is 11.6 Å². The standard InChI is InChI=1S/C25H28ClFO4/c1-13(2)19-11-20(18-7-6-14(3)8-15(18)4)16(5)31-24(19)21-9-17(27)10-22(26)25(21)30-12-23(28)29/h6-10,16,19-20,24H,1,11-12H2,2-5H3,(H,28,29)/t16-,19+,20-,24-/m0/s1. The molecule has 0 amide bonds. The third kappa shape index (κ3) is 5.10. The predicted molar refractivity (Wildman–Crippen MR) is 119 cm³/mol. The van der Waals surface area contributed by atoms with E-state index >= 15 is 0 Å². The van der Waals surface area contributed by atoms with Crippen molar-refractivity contribution >= 4 is 17.6 Å². The van der Waals surface area contributed by atoms with Crippen molar-refractivity contribution in [1.82, 2.24) is 0 Å². The van der Waals surface area contributed by atoms with E-state index in [4.69, 9.17) is 26.2 Å². The van der Waals surface area contributed by atoms with Gasteiger partial charge in [0.15, 0.2) is 6.61 Å². The zero-order valence-electron chi connectivity index (χ0n) is 18.2. The van der Waals surface area contributed by atoms with Crippen LogP contribution in [0.5, 0.6) is 5.75 Å². The van der Waals surface area contributed by atoms with E-state index in [1.54, 1.807) is 0 Å². The Morgan fingerprint density at radius 1 is 1.29 bits per heavy atom. The molecular formula is C25H28ClFO4. The number of aliphatic carboxylic acids is 1. The molecule has 4 atom stereocenters. The van der Waals surface area contributed by atoms with Gasteiger partial charge in [0.25, 0.3) is 0 Å². The summed E-state index contributed by atoms with van der Waals surface area (Å²) in [6.45, 7) is 11.7. The molecule has 1 N–H and O–H groups in total. The smallest absolute Gasteiger partial charge is 0.341 e. The molecule has 2 aromatic carbocycles. The van der Waals surface area contributed by atoms with Crippen molar-refractivity contribution in [2.24, 2.45) is 5.92 Å². The fourth-order valence-corrected chi connectivity index (χ4v) is 4.73. The molecule has 4 nitrogen and oxygen atoms in total. The van der Waals surface area contributed by atoms with Gasteiger partial charge in [0, 0.05) is 17.4 Å². The quantitative estimate of drug-likeness (QED) is 0.522. The third-order valence-electron chi connectivity index (χ3n) is 5.94. The first-order valence-electron chi connectivity index (χ1n) is 10.3. The summed E-state index contributed by atoms with van der Waals surface area (Å²) in [6, 6.07) is 8.83. The van der Waals surface area contributed by atoms with Crippen LogP contribution < -0.4 is 4.74 Å². The first-order valence-corrected chi connectivity index (χ1v) is 10.7. The van der Waals surface area contributed by atoms with Gasteiger partial charge in [0.2, 0.25) is 0 Å². The lowest BCUT2D eigenvalue weighted by Gasteiger charge is -2.42. The fourth-order valence-electron chi connectivity index (χ4n) is 4.46. The van der Waals surface area contributed by atoms with Gasteiger partial charge in [-0.25, -0.2) is 9.18 Å². The number of benzene rings is 2. The molecule has 0 aromatic heterocycles. The lowest BCUT2D eigenvalue weighted by molar-refractivity contribution is -0.139. The second-order valence-corrected chi connectivity index (χ2v) is 8.81. The molecule has 0 unspecified atom stereocenters. The maximum atomic E-state index is 14.3. The van der Waals surface area contributed by atoms with Crippen molar-refractivity contribution in [3.8, 4) is 5.75 Å². The molecule has 1 saturated heterocycles. The molecule has 1 aliphatic heterocycles. The molecule has 0 bridgehead atoms. The summed E-state index contributed by atoms with van der Waals surface area (Å²) >= 11 is 6.23. The van der Waals surface area contributed by atoms with Gasteiger partial charge in [-0.2, -0.15) is 0 Å². The molecule has 0 spiro atoms. The Bertz CT molecular complexity index is 1000. The number of rotatable bonds is 6. The second-order valence-electron chi connectivity index (χ2n) is 8.41. The van der Waals surface area contributed by atoms with Gasteiger partial charge in [0.05, 0.1) is 17.2 Å². The molecular weight excluding hydrogens is 419 g/mol. The Hall–Kier alpha value is -2.37. The monoisotopic (exact) mass is 446 g/mol. The second kappa shape index (κ2) is 9.41. The van der Waals surface area contributed by atoms with E-state index in [1.165, 1.54) is 22.8 Å². The maximum Gasteiger partial charge on any atom is 0.341 e. The van der Waals surface area contributed by atoms with Crippen molar-refractivity contribution < 1.29 is 23.8 Å². The number of carbonyl (C=O) groups is 1. The summed E-state index contributed by atoms with van der Waals surface area (Å²) in [5.41, 5.74) is 4.94. The molecule has 1 heterocycles. The van der Waals surface area contributed by atoms with Gasteiger partial charge >= 0.3 is 5.97 Å². The number of carboxylic acid groups (broad SMARTS) is 1. The van der Waals surface area contributed by atoms with Crippen LogP contribution in [0.2, 0.25) is 5.02 Å². The fraction of sp³-hybridized carbons (Fsp3) is 0.400.